The van der Waals surface area contributed by atoms with Gasteiger partial charge in [0, 0.05) is 28.5 Å². The molecule has 0 aliphatic rings. The van der Waals surface area contributed by atoms with E-state index >= 15 is 0 Å². The van der Waals surface area contributed by atoms with Gasteiger partial charge in [0.1, 0.15) is 0 Å². The number of pyridine rings is 1. The average Bonchev–Trinajstić information content (AvgIpc) is 2.38. The summed E-state index contributed by atoms with van der Waals surface area (Å²) in [4.78, 5) is 16.2. The summed E-state index contributed by atoms with van der Waals surface area (Å²) >= 11 is 3.38. The predicted molar refractivity (Wildman–Crippen MR) is 81.0 cm³/mol. The van der Waals surface area contributed by atoms with Crippen molar-refractivity contribution >= 4 is 38.4 Å². The van der Waals surface area contributed by atoms with E-state index in [1.165, 1.54) is 0 Å². The summed E-state index contributed by atoms with van der Waals surface area (Å²) in [6, 6.07) is 7.57. The van der Waals surface area contributed by atoms with Gasteiger partial charge in [-0.2, -0.15) is 0 Å². The van der Waals surface area contributed by atoms with E-state index in [0.717, 1.165) is 27.5 Å². The molecule has 2 aromatic rings. The Morgan fingerprint density at radius 3 is 3.05 bits per heavy atom. The quantitative estimate of drug-likeness (QED) is 0.909. The van der Waals surface area contributed by atoms with Crippen molar-refractivity contribution in [3.63, 3.8) is 0 Å². The van der Waals surface area contributed by atoms with Crippen molar-refractivity contribution < 1.29 is 4.79 Å². The van der Waals surface area contributed by atoms with Crippen molar-refractivity contribution in [2.24, 2.45) is 5.73 Å². The van der Waals surface area contributed by atoms with Gasteiger partial charge in [0.05, 0.1) is 11.2 Å². The van der Waals surface area contributed by atoms with E-state index < -0.39 is 0 Å². The number of hydrogen-bond donors (Lipinski definition) is 2. The van der Waals surface area contributed by atoms with Crippen molar-refractivity contribution in [3.05, 3.63) is 34.9 Å². The number of anilines is 1. The Kier molecular flexibility index (Phi) is 4.50. The number of rotatable bonds is 4. The fraction of sp³-hybridized carbons (Fsp3) is 0.286. The van der Waals surface area contributed by atoms with E-state index in [1.807, 2.05) is 31.2 Å². The van der Waals surface area contributed by atoms with E-state index in [1.54, 1.807) is 6.20 Å². The molecule has 0 spiro atoms. The molecule has 1 atom stereocenters. The molecule has 0 aliphatic carbocycles. The van der Waals surface area contributed by atoms with Gasteiger partial charge in [0.25, 0.3) is 0 Å². The van der Waals surface area contributed by atoms with Gasteiger partial charge in [-0.1, -0.05) is 19.1 Å². The first-order valence-corrected chi connectivity index (χ1v) is 6.99. The van der Waals surface area contributed by atoms with Crippen molar-refractivity contribution in [3.8, 4) is 0 Å². The second kappa shape index (κ2) is 6.12. The molecule has 19 heavy (non-hydrogen) atoms. The van der Waals surface area contributed by atoms with Gasteiger partial charge in [0.15, 0.2) is 0 Å². The fourth-order valence-corrected chi connectivity index (χ4v) is 2.17. The molecule has 0 radical (unpaired) electrons. The monoisotopic (exact) mass is 321 g/mol. The van der Waals surface area contributed by atoms with Crippen LogP contribution in [0.4, 0.5) is 5.69 Å². The number of fused-ring (bicyclic) bond motifs is 1. The van der Waals surface area contributed by atoms with Gasteiger partial charge in [-0.3, -0.25) is 9.78 Å². The summed E-state index contributed by atoms with van der Waals surface area (Å²) in [7, 11) is 0. The molecule has 0 bridgehead atoms. The summed E-state index contributed by atoms with van der Waals surface area (Å²) in [6.45, 7) is 1.97. The fourth-order valence-electron chi connectivity index (χ4n) is 1.82. The number of amides is 1. The van der Waals surface area contributed by atoms with Crippen molar-refractivity contribution in [1.29, 1.82) is 0 Å². The first-order chi connectivity index (χ1) is 9.10. The SMILES string of the molecule is CCC(N)CC(=O)Nc1cccc2cc(Br)cnc12. The number of carbonyl (C=O) groups is 1. The minimum Gasteiger partial charge on any atom is -0.327 e. The number of hydrogen-bond acceptors (Lipinski definition) is 3. The Morgan fingerprint density at radius 2 is 2.32 bits per heavy atom. The summed E-state index contributed by atoms with van der Waals surface area (Å²) < 4.78 is 0.913. The molecule has 0 saturated heterocycles. The van der Waals surface area contributed by atoms with Crippen LogP contribution in [-0.2, 0) is 4.79 Å². The number of nitrogens with one attached hydrogen (secondary N) is 1. The minimum atomic E-state index is -0.0999. The van der Waals surface area contributed by atoms with Crippen molar-refractivity contribution in [2.45, 2.75) is 25.8 Å². The molecule has 1 heterocycles. The summed E-state index contributed by atoms with van der Waals surface area (Å²) in [6.07, 6.45) is 2.83. The van der Waals surface area contributed by atoms with Crippen molar-refractivity contribution in [1.82, 2.24) is 4.98 Å². The maximum absolute atomic E-state index is 11.9. The van der Waals surface area contributed by atoms with Crippen LogP contribution in [0.1, 0.15) is 19.8 Å². The standard InChI is InChI=1S/C14H16BrN3O/c1-2-11(16)7-13(19)18-12-5-3-4-9-6-10(15)8-17-14(9)12/h3-6,8,11H,2,7,16H2,1H3,(H,18,19). The zero-order valence-electron chi connectivity index (χ0n) is 10.7. The normalized spacial score (nSPS) is 12.4. The molecule has 0 aliphatic heterocycles. The molecule has 1 aromatic carbocycles. The van der Waals surface area contributed by atoms with E-state index in [9.17, 15) is 4.79 Å². The lowest BCUT2D eigenvalue weighted by Gasteiger charge is -2.11. The molecule has 1 amide bonds. The number of para-hydroxylation sites is 1. The van der Waals surface area contributed by atoms with Crippen molar-refractivity contribution in [2.75, 3.05) is 5.32 Å². The van der Waals surface area contributed by atoms with Crippen LogP contribution >= 0.6 is 15.9 Å². The number of benzene rings is 1. The summed E-state index contributed by atoms with van der Waals surface area (Å²) in [5, 5.41) is 3.85. The van der Waals surface area contributed by atoms with Gasteiger partial charge in [-0.15, -0.1) is 0 Å². The number of nitrogens with zero attached hydrogens (tertiary/aromatic N) is 1. The third-order valence-corrected chi connectivity index (χ3v) is 3.36. The topological polar surface area (TPSA) is 68.0 Å². The first kappa shape index (κ1) is 14.0. The first-order valence-electron chi connectivity index (χ1n) is 6.20. The van der Waals surface area contributed by atoms with Gasteiger partial charge >= 0.3 is 0 Å². The molecule has 3 N–H and O–H groups in total. The average molecular weight is 322 g/mol. The number of halogens is 1. The van der Waals surface area contributed by atoms with Gasteiger partial charge < -0.3 is 11.1 Å². The van der Waals surface area contributed by atoms with Gasteiger partial charge in [-0.05, 0) is 34.5 Å². The van der Waals surface area contributed by atoms with Crippen LogP contribution in [0.2, 0.25) is 0 Å². The van der Waals surface area contributed by atoms with Crippen LogP contribution in [0.15, 0.2) is 34.9 Å². The van der Waals surface area contributed by atoms with E-state index in [0.29, 0.717) is 6.42 Å². The molecular formula is C14H16BrN3O. The number of carbonyl (C=O) groups excluding carboxylic acids is 1. The zero-order chi connectivity index (χ0) is 13.8. The van der Waals surface area contributed by atoms with Gasteiger partial charge in [0.2, 0.25) is 5.91 Å². The zero-order valence-corrected chi connectivity index (χ0v) is 12.3. The lowest BCUT2D eigenvalue weighted by atomic mass is 10.1. The summed E-state index contributed by atoms with van der Waals surface area (Å²) in [5.41, 5.74) is 7.28. The number of nitrogens with two attached hydrogens (primary N) is 1. The maximum atomic E-state index is 11.9. The highest BCUT2D eigenvalue weighted by atomic mass is 79.9. The van der Waals surface area contributed by atoms with E-state index in [4.69, 9.17) is 5.73 Å². The second-order valence-corrected chi connectivity index (χ2v) is 5.37. The predicted octanol–water partition coefficient (Wildman–Crippen LogP) is 3.06. The molecule has 4 nitrogen and oxygen atoms in total. The summed E-state index contributed by atoms with van der Waals surface area (Å²) in [5.74, 6) is -0.0773. The molecule has 0 fully saturated rings. The lowest BCUT2D eigenvalue weighted by Crippen LogP contribution is -2.26. The Morgan fingerprint density at radius 1 is 1.53 bits per heavy atom. The Hall–Kier alpha value is -1.46. The third kappa shape index (κ3) is 3.52. The Labute approximate surface area is 120 Å². The van der Waals surface area contributed by atoms with E-state index in [2.05, 4.69) is 26.2 Å². The van der Waals surface area contributed by atoms with Crippen LogP contribution in [-0.4, -0.2) is 16.9 Å². The van der Waals surface area contributed by atoms with Crippen LogP contribution in [0.25, 0.3) is 10.9 Å². The van der Waals surface area contributed by atoms with Crippen LogP contribution in [0.3, 0.4) is 0 Å². The molecule has 100 valence electrons. The third-order valence-electron chi connectivity index (χ3n) is 2.92. The minimum absolute atomic E-state index is 0.0773. The van der Waals surface area contributed by atoms with Crippen LogP contribution < -0.4 is 11.1 Å². The molecule has 1 aromatic heterocycles. The van der Waals surface area contributed by atoms with Crippen LogP contribution in [0.5, 0.6) is 0 Å². The largest absolute Gasteiger partial charge is 0.327 e. The Bertz CT molecular complexity index is 600. The molecule has 0 saturated carbocycles. The molecule has 5 heteroatoms. The molecular weight excluding hydrogens is 306 g/mol. The highest BCUT2D eigenvalue weighted by Crippen LogP contribution is 2.24. The molecule has 1 unspecified atom stereocenters. The smallest absolute Gasteiger partial charge is 0.225 e. The number of aromatic nitrogens is 1. The highest BCUT2D eigenvalue weighted by Gasteiger charge is 2.10. The maximum Gasteiger partial charge on any atom is 0.225 e. The molecule has 2 rings (SSSR count). The van der Waals surface area contributed by atoms with Crippen LogP contribution in [0, 0.1) is 0 Å². The van der Waals surface area contributed by atoms with Gasteiger partial charge in [-0.25, -0.2) is 0 Å². The lowest BCUT2D eigenvalue weighted by molar-refractivity contribution is -0.116. The van der Waals surface area contributed by atoms with E-state index in [-0.39, 0.29) is 11.9 Å². The Balaban J connectivity index is 2.23. The second-order valence-electron chi connectivity index (χ2n) is 4.45. The highest BCUT2D eigenvalue weighted by molar-refractivity contribution is 9.10.